The maximum absolute atomic E-state index is 5.78. The Morgan fingerprint density at radius 3 is 2.88 bits per heavy atom. The van der Waals surface area contributed by atoms with Crippen LogP contribution in [0.25, 0.3) is 0 Å². The van der Waals surface area contributed by atoms with Gasteiger partial charge in [0.25, 0.3) is 0 Å². The molecule has 2 rings (SSSR count). The number of rotatable bonds is 3. The molecule has 0 unspecified atom stereocenters. The van der Waals surface area contributed by atoms with E-state index >= 15 is 0 Å². The van der Waals surface area contributed by atoms with Crippen LogP contribution in [-0.2, 0) is 6.54 Å². The van der Waals surface area contributed by atoms with Crippen LogP contribution in [0.4, 0.5) is 11.6 Å². The minimum absolute atomic E-state index is 0.543. The van der Waals surface area contributed by atoms with E-state index in [4.69, 9.17) is 5.73 Å². The summed E-state index contributed by atoms with van der Waals surface area (Å²) in [7, 11) is 0. The van der Waals surface area contributed by atoms with Crippen molar-refractivity contribution in [3.05, 3.63) is 33.8 Å². The number of anilines is 2. The van der Waals surface area contributed by atoms with Gasteiger partial charge in [-0.1, -0.05) is 6.07 Å². The highest BCUT2D eigenvalue weighted by Crippen LogP contribution is 2.18. The highest BCUT2D eigenvalue weighted by atomic mass is 32.1. The number of aromatic nitrogens is 2. The van der Waals surface area contributed by atoms with E-state index in [-0.39, 0.29) is 0 Å². The van der Waals surface area contributed by atoms with Gasteiger partial charge in [-0.15, -0.1) is 11.3 Å². The SMILES string of the molecule is Cc1nc(N)c(C)c(NCc2cccs2)n1. The van der Waals surface area contributed by atoms with Crippen molar-refractivity contribution < 1.29 is 0 Å². The molecular formula is C11H14N4S. The summed E-state index contributed by atoms with van der Waals surface area (Å²) in [6.07, 6.45) is 0. The molecule has 0 amide bonds. The molecule has 5 heteroatoms. The first-order chi connectivity index (χ1) is 7.66. The van der Waals surface area contributed by atoms with Gasteiger partial charge in [-0.25, -0.2) is 9.97 Å². The van der Waals surface area contributed by atoms with Crippen LogP contribution in [-0.4, -0.2) is 9.97 Å². The van der Waals surface area contributed by atoms with E-state index in [2.05, 4.69) is 26.7 Å². The molecule has 0 aromatic carbocycles. The van der Waals surface area contributed by atoms with Crippen molar-refractivity contribution in [1.29, 1.82) is 0 Å². The predicted molar refractivity (Wildman–Crippen MR) is 67.6 cm³/mol. The summed E-state index contributed by atoms with van der Waals surface area (Å²) in [4.78, 5) is 9.72. The standard InChI is InChI=1S/C11H14N4S/c1-7-10(12)14-8(2)15-11(7)13-6-9-4-3-5-16-9/h3-5H,6H2,1-2H3,(H3,12,13,14,15). The number of nitrogens with zero attached hydrogens (tertiary/aromatic N) is 2. The van der Waals surface area contributed by atoms with E-state index < -0.39 is 0 Å². The van der Waals surface area contributed by atoms with Gasteiger partial charge in [-0.3, -0.25) is 0 Å². The molecule has 0 fully saturated rings. The lowest BCUT2D eigenvalue weighted by Gasteiger charge is -2.09. The molecule has 0 saturated carbocycles. The fourth-order valence-corrected chi connectivity index (χ4v) is 2.05. The third-order valence-corrected chi connectivity index (χ3v) is 3.18. The van der Waals surface area contributed by atoms with Crippen molar-refractivity contribution in [3.63, 3.8) is 0 Å². The van der Waals surface area contributed by atoms with Crippen molar-refractivity contribution in [1.82, 2.24) is 9.97 Å². The van der Waals surface area contributed by atoms with Gasteiger partial charge < -0.3 is 11.1 Å². The van der Waals surface area contributed by atoms with Crippen LogP contribution in [0.5, 0.6) is 0 Å². The Hall–Kier alpha value is -1.62. The minimum Gasteiger partial charge on any atom is -0.383 e. The number of nitrogen functional groups attached to an aromatic ring is 1. The summed E-state index contributed by atoms with van der Waals surface area (Å²) < 4.78 is 0. The van der Waals surface area contributed by atoms with Crippen LogP contribution in [0.2, 0.25) is 0 Å². The average molecular weight is 234 g/mol. The van der Waals surface area contributed by atoms with Crippen molar-refractivity contribution in [2.24, 2.45) is 0 Å². The van der Waals surface area contributed by atoms with Crippen molar-refractivity contribution >= 4 is 23.0 Å². The number of aryl methyl sites for hydroxylation is 1. The summed E-state index contributed by atoms with van der Waals surface area (Å²) in [5.74, 6) is 2.05. The van der Waals surface area contributed by atoms with Crippen LogP contribution >= 0.6 is 11.3 Å². The quantitative estimate of drug-likeness (QED) is 0.855. The van der Waals surface area contributed by atoms with Crippen molar-refractivity contribution in [2.75, 3.05) is 11.1 Å². The molecule has 0 aliphatic rings. The molecule has 2 aromatic rings. The highest BCUT2D eigenvalue weighted by molar-refractivity contribution is 7.09. The lowest BCUT2D eigenvalue weighted by Crippen LogP contribution is -2.07. The molecule has 0 saturated heterocycles. The fraction of sp³-hybridized carbons (Fsp3) is 0.273. The van der Waals surface area contributed by atoms with E-state index in [1.807, 2.05) is 19.9 Å². The molecule has 84 valence electrons. The molecule has 2 aromatic heterocycles. The topological polar surface area (TPSA) is 63.8 Å². The Morgan fingerprint density at radius 2 is 2.19 bits per heavy atom. The smallest absolute Gasteiger partial charge is 0.135 e. The third-order valence-electron chi connectivity index (χ3n) is 2.31. The number of hydrogen-bond donors (Lipinski definition) is 2. The molecule has 0 bridgehead atoms. The van der Waals surface area contributed by atoms with Crippen LogP contribution in [0.1, 0.15) is 16.3 Å². The molecular weight excluding hydrogens is 220 g/mol. The van der Waals surface area contributed by atoms with Crippen LogP contribution < -0.4 is 11.1 Å². The molecule has 16 heavy (non-hydrogen) atoms. The average Bonchev–Trinajstić information content (AvgIpc) is 2.74. The maximum atomic E-state index is 5.78. The van der Waals surface area contributed by atoms with Gasteiger partial charge in [0.1, 0.15) is 17.5 Å². The zero-order valence-corrected chi connectivity index (χ0v) is 10.1. The fourth-order valence-electron chi connectivity index (χ4n) is 1.41. The summed E-state index contributed by atoms with van der Waals surface area (Å²) >= 11 is 1.72. The normalized spacial score (nSPS) is 10.4. The van der Waals surface area contributed by atoms with E-state index in [9.17, 15) is 0 Å². The van der Waals surface area contributed by atoms with Gasteiger partial charge in [0.15, 0.2) is 0 Å². The second-order valence-corrected chi connectivity index (χ2v) is 4.59. The van der Waals surface area contributed by atoms with Gasteiger partial charge in [0.05, 0.1) is 6.54 Å². The zero-order valence-electron chi connectivity index (χ0n) is 9.32. The second-order valence-electron chi connectivity index (χ2n) is 3.56. The number of thiophene rings is 1. The molecule has 3 N–H and O–H groups in total. The van der Waals surface area contributed by atoms with E-state index in [1.54, 1.807) is 11.3 Å². The first-order valence-corrected chi connectivity index (χ1v) is 5.92. The largest absolute Gasteiger partial charge is 0.383 e. The van der Waals surface area contributed by atoms with Crippen molar-refractivity contribution in [2.45, 2.75) is 20.4 Å². The lowest BCUT2D eigenvalue weighted by molar-refractivity contribution is 1.02. The minimum atomic E-state index is 0.543. The molecule has 0 aliphatic heterocycles. The molecule has 0 spiro atoms. The molecule has 0 aliphatic carbocycles. The summed E-state index contributed by atoms with van der Waals surface area (Å²) in [5, 5.41) is 5.34. The number of hydrogen-bond acceptors (Lipinski definition) is 5. The third kappa shape index (κ3) is 2.30. The van der Waals surface area contributed by atoms with Crippen molar-refractivity contribution in [3.8, 4) is 0 Å². The van der Waals surface area contributed by atoms with Gasteiger partial charge in [0.2, 0.25) is 0 Å². The summed E-state index contributed by atoms with van der Waals surface area (Å²) in [6, 6.07) is 4.12. The van der Waals surface area contributed by atoms with E-state index in [0.717, 1.165) is 17.9 Å². The van der Waals surface area contributed by atoms with Crippen LogP contribution in [0.3, 0.4) is 0 Å². The second kappa shape index (κ2) is 4.49. The lowest BCUT2D eigenvalue weighted by atomic mass is 10.3. The summed E-state index contributed by atoms with van der Waals surface area (Å²) in [5.41, 5.74) is 6.69. The summed E-state index contributed by atoms with van der Waals surface area (Å²) in [6.45, 7) is 4.53. The monoisotopic (exact) mass is 234 g/mol. The Balaban J connectivity index is 2.15. The van der Waals surface area contributed by atoms with Crippen LogP contribution in [0.15, 0.2) is 17.5 Å². The van der Waals surface area contributed by atoms with E-state index in [0.29, 0.717) is 11.6 Å². The van der Waals surface area contributed by atoms with Gasteiger partial charge >= 0.3 is 0 Å². The highest BCUT2D eigenvalue weighted by Gasteiger charge is 2.06. The molecule has 0 atom stereocenters. The van der Waals surface area contributed by atoms with Gasteiger partial charge in [0, 0.05) is 10.4 Å². The van der Waals surface area contributed by atoms with E-state index in [1.165, 1.54) is 4.88 Å². The van der Waals surface area contributed by atoms with Crippen LogP contribution in [0, 0.1) is 13.8 Å². The Bertz CT molecular complexity index is 479. The Labute approximate surface area is 98.6 Å². The Morgan fingerprint density at radius 1 is 1.38 bits per heavy atom. The first-order valence-electron chi connectivity index (χ1n) is 5.04. The molecule has 4 nitrogen and oxygen atoms in total. The maximum Gasteiger partial charge on any atom is 0.135 e. The predicted octanol–water partition coefficient (Wildman–Crippen LogP) is 2.35. The number of nitrogens with two attached hydrogens (primary N) is 1. The Kier molecular flexibility index (Phi) is 3.05. The number of nitrogens with one attached hydrogen (secondary N) is 1. The zero-order chi connectivity index (χ0) is 11.5. The van der Waals surface area contributed by atoms with Gasteiger partial charge in [-0.05, 0) is 25.3 Å². The molecule has 0 radical (unpaired) electrons. The first kappa shape index (κ1) is 10.9. The van der Waals surface area contributed by atoms with Gasteiger partial charge in [-0.2, -0.15) is 0 Å². The molecule has 2 heterocycles.